The zero-order valence-electron chi connectivity index (χ0n) is 18.1. The molecular weight excluding hydrogens is 400 g/mol. The van der Waals surface area contributed by atoms with E-state index >= 15 is 0 Å². The van der Waals surface area contributed by atoms with Crippen molar-refractivity contribution in [2.75, 3.05) is 59.5 Å². The molecule has 0 amide bonds. The van der Waals surface area contributed by atoms with Crippen LogP contribution in [0.25, 0.3) is 0 Å². The highest BCUT2D eigenvalue weighted by molar-refractivity contribution is 7.80. The molecule has 0 saturated heterocycles. The van der Waals surface area contributed by atoms with Gasteiger partial charge in [0.15, 0.2) is 0 Å². The Hall–Kier alpha value is -0.290. The van der Waals surface area contributed by atoms with Gasteiger partial charge in [-0.25, -0.2) is 4.18 Å². The minimum atomic E-state index is -4.33. The topological polar surface area (TPSA) is 101 Å². The molecule has 0 rings (SSSR count). The second-order valence-electron chi connectivity index (χ2n) is 6.88. The van der Waals surface area contributed by atoms with E-state index in [-0.39, 0.29) is 6.61 Å². The zero-order valence-corrected chi connectivity index (χ0v) is 19.0. The lowest BCUT2D eigenvalue weighted by atomic mass is 10.1. The van der Waals surface area contributed by atoms with Crippen molar-refractivity contribution in [3.05, 3.63) is 0 Å². The van der Waals surface area contributed by atoms with Crippen LogP contribution in [-0.2, 0) is 33.5 Å². The summed E-state index contributed by atoms with van der Waals surface area (Å²) in [4.78, 5) is 0. The molecule has 1 N–H and O–H groups in total. The number of hydrogen-bond acceptors (Lipinski definition) is 7. The molecule has 176 valence electrons. The van der Waals surface area contributed by atoms with Crippen LogP contribution in [0.1, 0.15) is 71.1 Å². The Bertz CT molecular complexity index is 417. The molecule has 0 unspecified atom stereocenters. The fourth-order valence-electron chi connectivity index (χ4n) is 2.57. The first-order valence-corrected chi connectivity index (χ1v) is 12.4. The molecule has 0 aliphatic rings. The van der Waals surface area contributed by atoms with Gasteiger partial charge in [0.2, 0.25) is 0 Å². The molecule has 8 nitrogen and oxygen atoms in total. The summed E-state index contributed by atoms with van der Waals surface area (Å²) in [6.07, 6.45) is 11.6. The van der Waals surface area contributed by atoms with E-state index in [2.05, 4.69) is 11.1 Å². The standard InChI is InChI=1S/C20H42O8S/c1-2-3-4-5-6-7-8-9-12-24-15-17-26-19-20-27-18-16-25-13-10-11-14-28-29(21,22)23/h2-20H2,1H3,(H,21,22,23). The number of unbranched alkanes of at least 4 members (excludes halogenated alkanes) is 8. The van der Waals surface area contributed by atoms with Crippen molar-refractivity contribution >= 4 is 10.4 Å². The molecule has 0 fully saturated rings. The summed E-state index contributed by atoms with van der Waals surface area (Å²) in [7, 11) is -4.33. The van der Waals surface area contributed by atoms with Gasteiger partial charge in [-0.3, -0.25) is 4.55 Å². The highest BCUT2D eigenvalue weighted by Crippen LogP contribution is 2.08. The maximum atomic E-state index is 10.3. The molecule has 0 aromatic heterocycles. The van der Waals surface area contributed by atoms with Crippen molar-refractivity contribution in [2.24, 2.45) is 0 Å². The molecule has 0 bridgehead atoms. The summed E-state index contributed by atoms with van der Waals surface area (Å²) in [5.74, 6) is 0. The third-order valence-electron chi connectivity index (χ3n) is 4.17. The van der Waals surface area contributed by atoms with Crippen molar-refractivity contribution < 1.29 is 36.1 Å². The first-order valence-electron chi connectivity index (χ1n) is 11.0. The molecule has 0 aliphatic heterocycles. The lowest BCUT2D eigenvalue weighted by Crippen LogP contribution is -2.12. The van der Waals surface area contributed by atoms with E-state index in [1.165, 1.54) is 44.9 Å². The van der Waals surface area contributed by atoms with Crippen LogP contribution in [0.3, 0.4) is 0 Å². The van der Waals surface area contributed by atoms with Gasteiger partial charge in [0.05, 0.1) is 46.2 Å². The van der Waals surface area contributed by atoms with Crippen molar-refractivity contribution in [1.29, 1.82) is 0 Å². The average molecular weight is 443 g/mol. The molecule has 0 aromatic rings. The number of ether oxygens (including phenoxy) is 4. The second kappa shape index (κ2) is 22.4. The molecule has 9 heteroatoms. The highest BCUT2D eigenvalue weighted by Gasteiger charge is 2.02. The lowest BCUT2D eigenvalue weighted by molar-refractivity contribution is -0.00263. The normalized spacial score (nSPS) is 11.9. The van der Waals surface area contributed by atoms with Crippen LogP contribution in [-0.4, -0.2) is 72.4 Å². The third-order valence-corrected chi connectivity index (χ3v) is 4.64. The Morgan fingerprint density at radius 1 is 0.517 bits per heavy atom. The molecule has 29 heavy (non-hydrogen) atoms. The number of rotatable bonds is 24. The zero-order chi connectivity index (χ0) is 21.5. The third kappa shape index (κ3) is 27.7. The van der Waals surface area contributed by atoms with Crippen LogP contribution < -0.4 is 0 Å². The Balaban J connectivity index is 3.03. The van der Waals surface area contributed by atoms with E-state index in [1.807, 2.05) is 0 Å². The molecular formula is C20H42O8S. The summed E-state index contributed by atoms with van der Waals surface area (Å²) < 4.78 is 54.9. The maximum absolute atomic E-state index is 10.3. The molecule has 0 atom stereocenters. The Kier molecular flexibility index (Phi) is 22.2. The molecule has 0 radical (unpaired) electrons. The fraction of sp³-hybridized carbons (Fsp3) is 1.00. The SMILES string of the molecule is CCCCCCCCCCOCCOCCOCCOCCCCOS(=O)(=O)O. The predicted octanol–water partition coefficient (Wildman–Crippen LogP) is 3.79. The van der Waals surface area contributed by atoms with Crippen LogP contribution >= 0.6 is 0 Å². The maximum Gasteiger partial charge on any atom is 0.397 e. The molecule has 0 heterocycles. The average Bonchev–Trinajstić information content (AvgIpc) is 2.67. The summed E-state index contributed by atoms with van der Waals surface area (Å²) in [6.45, 7) is 6.73. The van der Waals surface area contributed by atoms with Crippen molar-refractivity contribution in [2.45, 2.75) is 71.1 Å². The quantitative estimate of drug-likeness (QED) is 0.178. The Labute approximate surface area is 177 Å². The summed E-state index contributed by atoms with van der Waals surface area (Å²) >= 11 is 0. The van der Waals surface area contributed by atoms with E-state index in [9.17, 15) is 8.42 Å². The predicted molar refractivity (Wildman–Crippen MR) is 113 cm³/mol. The fourth-order valence-corrected chi connectivity index (χ4v) is 2.90. The van der Waals surface area contributed by atoms with Crippen LogP contribution in [0.4, 0.5) is 0 Å². The minimum absolute atomic E-state index is 0.0428. The van der Waals surface area contributed by atoms with Gasteiger partial charge in [0.1, 0.15) is 0 Å². The minimum Gasteiger partial charge on any atom is -0.379 e. The van der Waals surface area contributed by atoms with Crippen LogP contribution in [0.15, 0.2) is 0 Å². The van der Waals surface area contributed by atoms with Gasteiger partial charge in [-0.15, -0.1) is 0 Å². The van der Waals surface area contributed by atoms with Gasteiger partial charge in [-0.2, -0.15) is 8.42 Å². The van der Waals surface area contributed by atoms with E-state index in [0.29, 0.717) is 59.1 Å². The Morgan fingerprint density at radius 3 is 1.31 bits per heavy atom. The van der Waals surface area contributed by atoms with Gasteiger partial charge >= 0.3 is 10.4 Å². The smallest absolute Gasteiger partial charge is 0.379 e. The molecule has 0 spiro atoms. The van der Waals surface area contributed by atoms with Gasteiger partial charge in [0.25, 0.3) is 0 Å². The first-order chi connectivity index (χ1) is 14.1. The summed E-state index contributed by atoms with van der Waals surface area (Å²) in [5.41, 5.74) is 0. The van der Waals surface area contributed by atoms with Crippen LogP contribution in [0.5, 0.6) is 0 Å². The van der Waals surface area contributed by atoms with E-state index < -0.39 is 10.4 Å². The molecule has 0 aromatic carbocycles. The summed E-state index contributed by atoms with van der Waals surface area (Å²) in [5, 5.41) is 0. The second-order valence-corrected chi connectivity index (χ2v) is 7.97. The first kappa shape index (κ1) is 28.7. The Morgan fingerprint density at radius 2 is 0.862 bits per heavy atom. The van der Waals surface area contributed by atoms with Crippen molar-refractivity contribution in [1.82, 2.24) is 0 Å². The molecule has 0 saturated carbocycles. The van der Waals surface area contributed by atoms with Gasteiger partial charge in [-0.05, 0) is 19.3 Å². The van der Waals surface area contributed by atoms with Crippen molar-refractivity contribution in [3.63, 3.8) is 0 Å². The molecule has 0 aliphatic carbocycles. The van der Waals surface area contributed by atoms with E-state index in [0.717, 1.165) is 13.0 Å². The lowest BCUT2D eigenvalue weighted by Gasteiger charge is -2.07. The monoisotopic (exact) mass is 442 g/mol. The van der Waals surface area contributed by atoms with Crippen LogP contribution in [0.2, 0.25) is 0 Å². The number of hydrogen-bond donors (Lipinski definition) is 1. The largest absolute Gasteiger partial charge is 0.397 e. The van der Waals surface area contributed by atoms with Gasteiger partial charge in [0, 0.05) is 13.2 Å². The van der Waals surface area contributed by atoms with Gasteiger partial charge < -0.3 is 18.9 Å². The van der Waals surface area contributed by atoms with E-state index in [1.54, 1.807) is 0 Å². The highest BCUT2D eigenvalue weighted by atomic mass is 32.3. The van der Waals surface area contributed by atoms with Crippen molar-refractivity contribution in [3.8, 4) is 0 Å². The van der Waals surface area contributed by atoms with E-state index in [4.69, 9.17) is 23.5 Å². The van der Waals surface area contributed by atoms with Crippen LogP contribution in [0, 0.1) is 0 Å². The van der Waals surface area contributed by atoms with Gasteiger partial charge in [-0.1, -0.05) is 51.9 Å². The summed E-state index contributed by atoms with van der Waals surface area (Å²) in [6, 6.07) is 0.